The number of carbonyl (C=O) groups excluding carboxylic acids is 1. The van der Waals surface area contributed by atoms with Gasteiger partial charge in [-0.25, -0.2) is 4.79 Å². The van der Waals surface area contributed by atoms with E-state index < -0.39 is 12.0 Å². The van der Waals surface area contributed by atoms with Crippen molar-refractivity contribution in [1.82, 2.24) is 5.32 Å². The van der Waals surface area contributed by atoms with Crippen LogP contribution in [0.5, 0.6) is 0 Å². The van der Waals surface area contributed by atoms with E-state index in [-0.39, 0.29) is 5.91 Å². The van der Waals surface area contributed by atoms with Crippen molar-refractivity contribution in [2.45, 2.75) is 25.3 Å². The zero-order valence-electron chi connectivity index (χ0n) is 8.16. The molecule has 1 atom stereocenters. The standard InChI is InChI=1S/C9H15NO3S/c1-14-5-8(11)10-7(9(12)13)4-6-2-3-6/h6-7H,2-5H2,1H3,(H,10,11)(H,12,13). The summed E-state index contributed by atoms with van der Waals surface area (Å²) < 4.78 is 0. The lowest BCUT2D eigenvalue weighted by atomic mass is 10.1. The number of thioether (sulfide) groups is 1. The van der Waals surface area contributed by atoms with E-state index >= 15 is 0 Å². The molecule has 0 aromatic heterocycles. The molecule has 0 spiro atoms. The molecule has 0 radical (unpaired) electrons. The van der Waals surface area contributed by atoms with Gasteiger partial charge in [0.05, 0.1) is 5.75 Å². The number of rotatable bonds is 6. The molecule has 0 aromatic carbocycles. The molecule has 1 saturated carbocycles. The second-order valence-corrected chi connectivity index (χ2v) is 4.44. The van der Waals surface area contributed by atoms with Crippen LogP contribution in [0.3, 0.4) is 0 Å². The summed E-state index contributed by atoms with van der Waals surface area (Å²) in [4.78, 5) is 21.9. The summed E-state index contributed by atoms with van der Waals surface area (Å²) in [5.41, 5.74) is 0. The van der Waals surface area contributed by atoms with Gasteiger partial charge in [-0.3, -0.25) is 4.79 Å². The molecular weight excluding hydrogens is 202 g/mol. The molecule has 0 saturated heterocycles. The Morgan fingerprint density at radius 2 is 2.21 bits per heavy atom. The molecule has 1 fully saturated rings. The highest BCUT2D eigenvalue weighted by molar-refractivity contribution is 7.99. The van der Waals surface area contributed by atoms with Gasteiger partial charge in [-0.05, 0) is 18.6 Å². The van der Waals surface area contributed by atoms with E-state index in [1.807, 2.05) is 6.26 Å². The van der Waals surface area contributed by atoms with E-state index in [0.717, 1.165) is 12.8 Å². The van der Waals surface area contributed by atoms with E-state index in [2.05, 4.69) is 5.32 Å². The van der Waals surface area contributed by atoms with Gasteiger partial charge in [0, 0.05) is 0 Å². The Morgan fingerprint density at radius 1 is 1.57 bits per heavy atom. The van der Waals surface area contributed by atoms with Crippen LogP contribution in [0.2, 0.25) is 0 Å². The number of carboxylic acids is 1. The first-order valence-corrected chi connectivity index (χ1v) is 6.04. The molecule has 0 aromatic rings. The Bertz CT molecular complexity index is 228. The molecule has 4 nitrogen and oxygen atoms in total. The summed E-state index contributed by atoms with van der Waals surface area (Å²) in [5.74, 6) is -0.281. The summed E-state index contributed by atoms with van der Waals surface area (Å²) in [6, 6.07) is -0.692. The third-order valence-corrected chi connectivity index (χ3v) is 2.73. The number of hydrogen-bond donors (Lipinski definition) is 2. The first-order chi connectivity index (χ1) is 6.63. The summed E-state index contributed by atoms with van der Waals surface area (Å²) >= 11 is 1.39. The van der Waals surface area contributed by atoms with Crippen molar-refractivity contribution in [3.8, 4) is 0 Å². The quantitative estimate of drug-likeness (QED) is 0.688. The third kappa shape index (κ3) is 4.00. The maximum absolute atomic E-state index is 11.2. The Balaban J connectivity index is 2.33. The monoisotopic (exact) mass is 217 g/mol. The first kappa shape index (κ1) is 11.4. The number of amides is 1. The van der Waals surface area contributed by atoms with Gasteiger partial charge < -0.3 is 10.4 Å². The molecule has 1 aliphatic rings. The molecule has 1 rings (SSSR count). The predicted octanol–water partition coefficient (Wildman–Crippen LogP) is 0.719. The van der Waals surface area contributed by atoms with Gasteiger partial charge >= 0.3 is 5.97 Å². The van der Waals surface area contributed by atoms with E-state index in [1.165, 1.54) is 11.8 Å². The van der Waals surface area contributed by atoms with Crippen LogP contribution >= 0.6 is 11.8 Å². The van der Waals surface area contributed by atoms with E-state index in [9.17, 15) is 9.59 Å². The van der Waals surface area contributed by atoms with Gasteiger partial charge in [0.25, 0.3) is 0 Å². The van der Waals surface area contributed by atoms with Gasteiger partial charge in [-0.15, -0.1) is 0 Å². The number of carbonyl (C=O) groups is 2. The zero-order valence-corrected chi connectivity index (χ0v) is 8.97. The Morgan fingerprint density at radius 3 is 2.64 bits per heavy atom. The molecule has 0 heterocycles. The third-order valence-electron chi connectivity index (χ3n) is 2.17. The summed E-state index contributed by atoms with van der Waals surface area (Å²) in [6.07, 6.45) is 4.59. The number of nitrogens with one attached hydrogen (secondary N) is 1. The highest BCUT2D eigenvalue weighted by atomic mass is 32.2. The van der Waals surface area contributed by atoms with Gasteiger partial charge in [0.2, 0.25) is 5.91 Å². The molecule has 1 aliphatic carbocycles. The zero-order chi connectivity index (χ0) is 10.6. The second-order valence-electron chi connectivity index (χ2n) is 3.57. The van der Waals surface area contributed by atoms with Crippen LogP contribution in [0.1, 0.15) is 19.3 Å². The SMILES string of the molecule is CSCC(=O)NC(CC1CC1)C(=O)O. The topological polar surface area (TPSA) is 66.4 Å². The minimum atomic E-state index is -0.925. The summed E-state index contributed by atoms with van der Waals surface area (Å²) in [7, 11) is 0. The fourth-order valence-electron chi connectivity index (χ4n) is 1.28. The Labute approximate surface area is 87.4 Å². The number of carboxylic acid groups (broad SMARTS) is 1. The fourth-order valence-corrected chi connectivity index (χ4v) is 1.62. The van der Waals surface area contributed by atoms with Crippen LogP contribution in [0.25, 0.3) is 0 Å². The predicted molar refractivity (Wildman–Crippen MR) is 55.3 cm³/mol. The summed E-state index contributed by atoms with van der Waals surface area (Å²) in [6.45, 7) is 0. The maximum atomic E-state index is 11.2. The second kappa shape index (κ2) is 5.24. The minimum Gasteiger partial charge on any atom is -0.480 e. The normalized spacial score (nSPS) is 17.5. The van der Waals surface area contributed by atoms with E-state index in [4.69, 9.17) is 5.11 Å². The molecule has 1 unspecified atom stereocenters. The first-order valence-electron chi connectivity index (χ1n) is 4.64. The van der Waals surface area contributed by atoms with Crippen LogP contribution < -0.4 is 5.32 Å². The fraction of sp³-hybridized carbons (Fsp3) is 0.778. The van der Waals surface area contributed by atoms with Gasteiger partial charge in [-0.2, -0.15) is 11.8 Å². The lowest BCUT2D eigenvalue weighted by molar-refractivity contribution is -0.141. The van der Waals surface area contributed by atoms with Gasteiger partial charge in [0.15, 0.2) is 0 Å². The van der Waals surface area contributed by atoms with E-state index in [1.54, 1.807) is 0 Å². The van der Waals surface area contributed by atoms with Crippen molar-refractivity contribution in [3.05, 3.63) is 0 Å². The number of hydrogen-bond acceptors (Lipinski definition) is 3. The lowest BCUT2D eigenvalue weighted by Crippen LogP contribution is -2.41. The molecule has 0 aliphatic heterocycles. The molecule has 1 amide bonds. The Hall–Kier alpha value is -0.710. The molecule has 80 valence electrons. The maximum Gasteiger partial charge on any atom is 0.326 e. The lowest BCUT2D eigenvalue weighted by Gasteiger charge is -2.13. The molecule has 2 N–H and O–H groups in total. The van der Waals surface area contributed by atoms with Crippen molar-refractivity contribution in [1.29, 1.82) is 0 Å². The van der Waals surface area contributed by atoms with Crippen molar-refractivity contribution in [3.63, 3.8) is 0 Å². The molecule has 5 heteroatoms. The van der Waals surface area contributed by atoms with Crippen LogP contribution in [0.4, 0.5) is 0 Å². The Kier molecular flexibility index (Phi) is 4.25. The average Bonchev–Trinajstić information content (AvgIpc) is 2.87. The highest BCUT2D eigenvalue weighted by Crippen LogP contribution is 2.33. The van der Waals surface area contributed by atoms with Crippen molar-refractivity contribution >= 4 is 23.6 Å². The van der Waals surface area contributed by atoms with Crippen LogP contribution in [-0.2, 0) is 9.59 Å². The highest BCUT2D eigenvalue weighted by Gasteiger charge is 2.29. The van der Waals surface area contributed by atoms with Crippen molar-refractivity contribution < 1.29 is 14.7 Å². The van der Waals surface area contributed by atoms with Gasteiger partial charge in [-0.1, -0.05) is 12.8 Å². The average molecular weight is 217 g/mol. The minimum absolute atomic E-state index is 0.189. The van der Waals surface area contributed by atoms with E-state index in [0.29, 0.717) is 18.1 Å². The molecule has 14 heavy (non-hydrogen) atoms. The molecule has 0 bridgehead atoms. The van der Waals surface area contributed by atoms with Crippen molar-refractivity contribution in [2.24, 2.45) is 5.92 Å². The summed E-state index contributed by atoms with van der Waals surface area (Å²) in [5, 5.41) is 11.4. The largest absolute Gasteiger partial charge is 0.480 e. The smallest absolute Gasteiger partial charge is 0.326 e. The number of aliphatic carboxylic acids is 1. The van der Waals surface area contributed by atoms with Crippen LogP contribution in [-0.4, -0.2) is 35.0 Å². The van der Waals surface area contributed by atoms with Crippen molar-refractivity contribution in [2.75, 3.05) is 12.0 Å². The van der Waals surface area contributed by atoms with Crippen LogP contribution in [0, 0.1) is 5.92 Å². The molecular formula is C9H15NO3S. The van der Waals surface area contributed by atoms with Gasteiger partial charge in [0.1, 0.15) is 6.04 Å². The van der Waals surface area contributed by atoms with Crippen LogP contribution in [0.15, 0.2) is 0 Å².